The fourth-order valence-electron chi connectivity index (χ4n) is 2.13. The van der Waals surface area contributed by atoms with Gasteiger partial charge in [0.05, 0.1) is 24.1 Å². The van der Waals surface area contributed by atoms with Gasteiger partial charge in [0.15, 0.2) is 0 Å². The minimum Gasteiger partial charge on any atom is -0.248 e. The van der Waals surface area contributed by atoms with E-state index in [2.05, 4.69) is 15.4 Å². The van der Waals surface area contributed by atoms with E-state index in [9.17, 15) is 0 Å². The van der Waals surface area contributed by atoms with Crippen LogP contribution in [0.1, 0.15) is 17.7 Å². The van der Waals surface area contributed by atoms with Crippen LogP contribution in [0.5, 0.6) is 0 Å². The molecule has 0 aliphatic rings. The summed E-state index contributed by atoms with van der Waals surface area (Å²) in [7, 11) is 0. The van der Waals surface area contributed by atoms with E-state index in [1.165, 1.54) is 0 Å². The highest BCUT2D eigenvalue weighted by Crippen LogP contribution is 2.09. The molecule has 2 heterocycles. The molecule has 2 aromatic heterocycles. The number of aromatic nitrogens is 5. The van der Waals surface area contributed by atoms with Crippen molar-refractivity contribution in [3.05, 3.63) is 60.2 Å². The summed E-state index contributed by atoms with van der Waals surface area (Å²) < 4.78 is 3.69. The first-order chi connectivity index (χ1) is 10.3. The summed E-state index contributed by atoms with van der Waals surface area (Å²) in [5.41, 5.74) is 3.11. The molecule has 0 N–H and O–H groups in total. The van der Waals surface area contributed by atoms with Crippen LogP contribution in [0.2, 0.25) is 0 Å². The molecule has 0 aliphatic carbocycles. The molecule has 0 aliphatic heterocycles. The second-order valence-corrected chi connectivity index (χ2v) is 5.21. The highest BCUT2D eigenvalue weighted by Gasteiger charge is 2.04. The third-order valence-corrected chi connectivity index (χ3v) is 3.42. The average molecular weight is 302 g/mol. The molecular weight excluding hydrogens is 286 g/mol. The minimum absolute atomic E-state index is 0.650. The number of rotatable bonds is 6. The summed E-state index contributed by atoms with van der Waals surface area (Å²) in [4.78, 5) is 0. The standard InChI is InChI=1S/C15H16ClN5/c16-8-4-5-14-12-20(19-18-14)10-13-9-17-21(11-13)15-6-2-1-3-7-15/h1-3,6-7,9,11-12H,4-5,8,10H2. The largest absolute Gasteiger partial charge is 0.248 e. The van der Waals surface area contributed by atoms with Gasteiger partial charge in [-0.15, -0.1) is 16.7 Å². The number of hydrogen-bond donors (Lipinski definition) is 0. The zero-order valence-corrected chi connectivity index (χ0v) is 12.3. The van der Waals surface area contributed by atoms with Gasteiger partial charge < -0.3 is 0 Å². The predicted octanol–water partition coefficient (Wildman–Crippen LogP) is 2.68. The lowest BCUT2D eigenvalue weighted by atomic mass is 10.3. The normalized spacial score (nSPS) is 10.9. The number of halogens is 1. The molecule has 5 nitrogen and oxygen atoms in total. The molecule has 0 atom stereocenters. The van der Waals surface area contributed by atoms with Gasteiger partial charge in [0.25, 0.3) is 0 Å². The third-order valence-electron chi connectivity index (χ3n) is 3.15. The van der Waals surface area contributed by atoms with Crippen molar-refractivity contribution in [2.24, 2.45) is 0 Å². The molecule has 0 fully saturated rings. The highest BCUT2D eigenvalue weighted by molar-refractivity contribution is 6.17. The van der Waals surface area contributed by atoms with Gasteiger partial charge >= 0.3 is 0 Å². The summed E-state index contributed by atoms with van der Waals surface area (Å²) >= 11 is 5.68. The molecule has 0 unspecified atom stereocenters. The van der Waals surface area contributed by atoms with Crippen LogP contribution < -0.4 is 0 Å². The van der Waals surface area contributed by atoms with Crippen molar-refractivity contribution >= 4 is 11.6 Å². The smallest absolute Gasteiger partial charge is 0.0827 e. The molecule has 1 aromatic carbocycles. The molecule has 0 saturated heterocycles. The van der Waals surface area contributed by atoms with Crippen molar-refractivity contribution < 1.29 is 0 Å². The molecule has 0 radical (unpaired) electrons. The van der Waals surface area contributed by atoms with Crippen LogP contribution in [0, 0.1) is 0 Å². The van der Waals surface area contributed by atoms with E-state index < -0.39 is 0 Å². The Kier molecular flexibility index (Phi) is 4.31. The zero-order chi connectivity index (χ0) is 14.5. The second kappa shape index (κ2) is 6.54. The Balaban J connectivity index is 1.68. The number of para-hydroxylation sites is 1. The van der Waals surface area contributed by atoms with Crippen LogP contribution in [0.3, 0.4) is 0 Å². The van der Waals surface area contributed by atoms with Crippen molar-refractivity contribution in [3.8, 4) is 5.69 Å². The number of nitrogens with zero attached hydrogens (tertiary/aromatic N) is 5. The van der Waals surface area contributed by atoms with E-state index in [0.29, 0.717) is 12.4 Å². The Morgan fingerprint density at radius 2 is 1.95 bits per heavy atom. The van der Waals surface area contributed by atoms with Gasteiger partial charge in [-0.25, -0.2) is 9.36 Å². The van der Waals surface area contributed by atoms with E-state index in [0.717, 1.165) is 29.8 Å². The van der Waals surface area contributed by atoms with E-state index in [1.807, 2.05) is 58.3 Å². The maximum Gasteiger partial charge on any atom is 0.0827 e. The third kappa shape index (κ3) is 3.49. The quantitative estimate of drug-likeness (QED) is 0.658. The average Bonchev–Trinajstić information content (AvgIpc) is 3.16. The van der Waals surface area contributed by atoms with E-state index in [4.69, 9.17) is 11.6 Å². The Hall–Kier alpha value is -2.14. The predicted molar refractivity (Wildman–Crippen MR) is 81.7 cm³/mol. The van der Waals surface area contributed by atoms with Gasteiger partial charge in [-0.05, 0) is 25.0 Å². The lowest BCUT2D eigenvalue weighted by molar-refractivity contribution is 0.649. The molecule has 3 aromatic rings. The molecule has 0 bridgehead atoms. The lowest BCUT2D eigenvalue weighted by Crippen LogP contribution is -1.99. The number of benzene rings is 1. The molecule has 21 heavy (non-hydrogen) atoms. The van der Waals surface area contributed by atoms with Gasteiger partial charge in [0.1, 0.15) is 0 Å². The summed E-state index contributed by atoms with van der Waals surface area (Å²) in [5.74, 6) is 0.650. The van der Waals surface area contributed by atoms with Crippen molar-refractivity contribution in [1.82, 2.24) is 24.8 Å². The highest BCUT2D eigenvalue weighted by atomic mass is 35.5. The molecule has 3 rings (SSSR count). The van der Waals surface area contributed by atoms with Crippen molar-refractivity contribution in [1.29, 1.82) is 0 Å². The maximum absolute atomic E-state index is 5.68. The van der Waals surface area contributed by atoms with Crippen LogP contribution in [-0.2, 0) is 13.0 Å². The first kappa shape index (κ1) is 13.8. The van der Waals surface area contributed by atoms with Crippen LogP contribution in [0.15, 0.2) is 48.9 Å². The van der Waals surface area contributed by atoms with Crippen LogP contribution in [0.25, 0.3) is 5.69 Å². The Morgan fingerprint density at radius 1 is 1.10 bits per heavy atom. The van der Waals surface area contributed by atoms with Crippen molar-refractivity contribution in [2.45, 2.75) is 19.4 Å². The van der Waals surface area contributed by atoms with Crippen molar-refractivity contribution in [2.75, 3.05) is 5.88 Å². The first-order valence-corrected chi connectivity index (χ1v) is 7.42. The summed E-state index contributed by atoms with van der Waals surface area (Å²) in [5, 5.41) is 12.7. The number of hydrogen-bond acceptors (Lipinski definition) is 3. The van der Waals surface area contributed by atoms with E-state index >= 15 is 0 Å². The van der Waals surface area contributed by atoms with Crippen LogP contribution in [-0.4, -0.2) is 30.7 Å². The Bertz CT molecular complexity index is 689. The molecule has 0 spiro atoms. The SMILES string of the molecule is ClCCCc1cn(Cc2cnn(-c3ccccc3)c2)nn1. The fraction of sp³-hybridized carbons (Fsp3) is 0.267. The summed E-state index contributed by atoms with van der Waals surface area (Å²) in [6.45, 7) is 0.667. The zero-order valence-electron chi connectivity index (χ0n) is 11.6. The monoisotopic (exact) mass is 301 g/mol. The second-order valence-electron chi connectivity index (χ2n) is 4.83. The van der Waals surface area contributed by atoms with Gasteiger partial charge in [-0.1, -0.05) is 23.4 Å². The Labute approximate surface area is 128 Å². The van der Waals surface area contributed by atoms with Gasteiger partial charge in [-0.2, -0.15) is 5.10 Å². The van der Waals surface area contributed by atoms with Crippen LogP contribution >= 0.6 is 11.6 Å². The number of aryl methyl sites for hydroxylation is 1. The van der Waals surface area contributed by atoms with Gasteiger partial charge in [0.2, 0.25) is 0 Å². The fourth-order valence-corrected chi connectivity index (χ4v) is 2.26. The van der Waals surface area contributed by atoms with Crippen LogP contribution in [0.4, 0.5) is 0 Å². The first-order valence-electron chi connectivity index (χ1n) is 6.89. The number of alkyl halides is 1. The minimum atomic E-state index is 0.650. The molecule has 0 saturated carbocycles. The molecule has 108 valence electrons. The van der Waals surface area contributed by atoms with Crippen molar-refractivity contribution in [3.63, 3.8) is 0 Å². The summed E-state index contributed by atoms with van der Waals surface area (Å²) in [6.07, 6.45) is 7.62. The molecular formula is C15H16ClN5. The topological polar surface area (TPSA) is 48.5 Å². The van der Waals surface area contributed by atoms with Gasteiger partial charge in [-0.3, -0.25) is 0 Å². The van der Waals surface area contributed by atoms with E-state index in [-0.39, 0.29) is 0 Å². The Morgan fingerprint density at radius 3 is 2.76 bits per heavy atom. The lowest BCUT2D eigenvalue weighted by Gasteiger charge is -1.99. The summed E-state index contributed by atoms with van der Waals surface area (Å²) in [6, 6.07) is 10.0. The maximum atomic E-state index is 5.68. The van der Waals surface area contributed by atoms with E-state index in [1.54, 1.807) is 0 Å². The molecule has 0 amide bonds. The molecule has 6 heteroatoms. The van der Waals surface area contributed by atoms with Gasteiger partial charge in [0, 0.05) is 23.8 Å².